The van der Waals surface area contributed by atoms with Gasteiger partial charge in [0.05, 0.1) is 0 Å². The van der Waals surface area contributed by atoms with Crippen molar-refractivity contribution in [3.05, 3.63) is 0 Å². The molecule has 1 atom stereocenters. The van der Waals surface area contributed by atoms with E-state index in [9.17, 15) is 0 Å². The molecule has 0 aromatic carbocycles. The minimum absolute atomic E-state index is 0.433. The summed E-state index contributed by atoms with van der Waals surface area (Å²) in [6, 6.07) is 0. The smallest absolute Gasteiger partial charge is 0.295 e. The van der Waals surface area contributed by atoms with E-state index in [2.05, 4.69) is 34.6 Å². The Morgan fingerprint density at radius 1 is 1.08 bits per heavy atom. The first kappa shape index (κ1) is 12.0. The zero-order chi connectivity index (χ0) is 9.72. The third kappa shape index (κ3) is 4.15. The van der Waals surface area contributed by atoms with Crippen molar-refractivity contribution in [3.63, 3.8) is 0 Å². The maximum atomic E-state index is 5.43. The highest BCUT2D eigenvalue weighted by Gasteiger charge is 2.22. The molecule has 0 bridgehead atoms. The third-order valence-corrected chi connectivity index (χ3v) is 2.79. The third-order valence-electron chi connectivity index (χ3n) is 2.79. The van der Waals surface area contributed by atoms with E-state index in [0.29, 0.717) is 12.7 Å². The van der Waals surface area contributed by atoms with Gasteiger partial charge < -0.3 is 4.65 Å². The molecule has 0 spiro atoms. The maximum Gasteiger partial charge on any atom is 0.295 e. The van der Waals surface area contributed by atoms with Crippen molar-refractivity contribution in [1.29, 1.82) is 0 Å². The van der Waals surface area contributed by atoms with Crippen LogP contribution in [0.1, 0.15) is 34.6 Å². The van der Waals surface area contributed by atoms with Crippen molar-refractivity contribution in [2.24, 2.45) is 11.8 Å². The van der Waals surface area contributed by atoms with Gasteiger partial charge in [0.2, 0.25) is 0 Å². The Morgan fingerprint density at radius 3 is 1.83 bits per heavy atom. The number of hydrogen-bond acceptors (Lipinski definition) is 1. The molecule has 0 heterocycles. The lowest BCUT2D eigenvalue weighted by atomic mass is 9.51. The average molecular weight is 170 g/mol. The van der Waals surface area contributed by atoms with Crippen molar-refractivity contribution in [3.8, 4) is 0 Å². The number of hydrogen-bond donors (Lipinski definition) is 0. The fourth-order valence-electron chi connectivity index (χ4n) is 1.28. The molecule has 12 heavy (non-hydrogen) atoms. The molecule has 0 aliphatic heterocycles. The predicted molar refractivity (Wildman–Crippen MR) is 56.7 cm³/mol. The van der Waals surface area contributed by atoms with E-state index < -0.39 is 0 Å². The summed E-state index contributed by atoms with van der Waals surface area (Å²) in [5.74, 6) is 2.16. The molecule has 0 N–H and O–H groups in total. The molecule has 0 amide bonds. The monoisotopic (exact) mass is 170 g/mol. The van der Waals surface area contributed by atoms with Crippen LogP contribution in [0.15, 0.2) is 0 Å². The second-order valence-electron chi connectivity index (χ2n) is 4.48. The summed E-state index contributed by atoms with van der Waals surface area (Å²) in [5, 5.41) is 0. The highest BCUT2D eigenvalue weighted by Crippen LogP contribution is 2.22. The summed E-state index contributed by atoms with van der Waals surface area (Å²) in [6.07, 6.45) is 1.19. The number of rotatable bonds is 5. The van der Waals surface area contributed by atoms with Crippen molar-refractivity contribution in [2.75, 3.05) is 7.11 Å². The van der Waals surface area contributed by atoms with Gasteiger partial charge in [-0.05, 0) is 24.0 Å². The Labute approximate surface area is 78.0 Å². The molecular weight excluding hydrogens is 147 g/mol. The van der Waals surface area contributed by atoms with Crippen molar-refractivity contribution in [1.82, 2.24) is 0 Å². The van der Waals surface area contributed by atoms with Crippen LogP contribution < -0.4 is 0 Å². The quantitative estimate of drug-likeness (QED) is 0.575. The standard InChI is InChI=1S/C10H23BO/c1-8(2)10(5)7-11(12-6)9(3)4/h8-10H,7H2,1-6H3. The lowest BCUT2D eigenvalue weighted by Gasteiger charge is -2.21. The van der Waals surface area contributed by atoms with Crippen LogP contribution in [0.25, 0.3) is 0 Å². The van der Waals surface area contributed by atoms with E-state index >= 15 is 0 Å². The molecular formula is C10H23BO. The highest BCUT2D eigenvalue weighted by molar-refractivity contribution is 6.53. The fourth-order valence-corrected chi connectivity index (χ4v) is 1.28. The summed E-state index contributed by atoms with van der Waals surface area (Å²) in [5.41, 5.74) is 0. The van der Waals surface area contributed by atoms with Crippen LogP contribution in [0.5, 0.6) is 0 Å². The van der Waals surface area contributed by atoms with Crippen molar-refractivity contribution in [2.45, 2.75) is 46.8 Å². The molecule has 72 valence electrons. The Balaban J connectivity index is 3.85. The van der Waals surface area contributed by atoms with Crippen LogP contribution >= 0.6 is 0 Å². The molecule has 0 radical (unpaired) electrons. The van der Waals surface area contributed by atoms with Gasteiger partial charge in [0.15, 0.2) is 0 Å². The SMILES string of the molecule is COB(CC(C)C(C)C)C(C)C. The predicted octanol–water partition coefficient (Wildman–Crippen LogP) is 3.33. The first-order valence-electron chi connectivity index (χ1n) is 5.01. The first-order valence-corrected chi connectivity index (χ1v) is 5.01. The second kappa shape index (κ2) is 5.63. The first-order chi connectivity index (χ1) is 5.49. The lowest BCUT2D eigenvalue weighted by molar-refractivity contribution is 0.378. The Hall–Kier alpha value is 0.0249. The van der Waals surface area contributed by atoms with Crippen LogP contribution in [0, 0.1) is 11.8 Å². The zero-order valence-electron chi connectivity index (χ0n) is 9.42. The van der Waals surface area contributed by atoms with Crippen LogP contribution in [0.4, 0.5) is 0 Å². The van der Waals surface area contributed by atoms with Crippen molar-refractivity contribution < 1.29 is 4.65 Å². The van der Waals surface area contributed by atoms with Gasteiger partial charge in [-0.25, -0.2) is 0 Å². The summed E-state index contributed by atoms with van der Waals surface area (Å²) in [7, 11) is 1.82. The normalized spacial score (nSPS) is 14.0. The molecule has 0 saturated heterocycles. The molecule has 1 unspecified atom stereocenters. The molecule has 0 rings (SSSR count). The largest absolute Gasteiger partial charge is 0.438 e. The van der Waals surface area contributed by atoms with Crippen LogP contribution in [0.3, 0.4) is 0 Å². The molecule has 0 aromatic heterocycles. The van der Waals surface area contributed by atoms with Gasteiger partial charge in [-0.15, -0.1) is 0 Å². The van der Waals surface area contributed by atoms with Gasteiger partial charge in [0, 0.05) is 7.11 Å². The summed E-state index contributed by atoms with van der Waals surface area (Å²) in [6.45, 7) is 11.7. The average Bonchev–Trinajstić information content (AvgIpc) is 1.98. The van der Waals surface area contributed by atoms with E-state index in [0.717, 1.165) is 11.8 Å². The maximum absolute atomic E-state index is 5.43. The fraction of sp³-hybridized carbons (Fsp3) is 1.00. The zero-order valence-corrected chi connectivity index (χ0v) is 9.42. The van der Waals surface area contributed by atoms with Gasteiger partial charge in [-0.2, -0.15) is 0 Å². The van der Waals surface area contributed by atoms with Gasteiger partial charge in [0.25, 0.3) is 6.92 Å². The van der Waals surface area contributed by atoms with Crippen LogP contribution in [-0.4, -0.2) is 14.0 Å². The van der Waals surface area contributed by atoms with Gasteiger partial charge in [-0.1, -0.05) is 34.6 Å². The van der Waals surface area contributed by atoms with Gasteiger partial charge in [-0.3, -0.25) is 0 Å². The summed E-state index contributed by atoms with van der Waals surface area (Å²) >= 11 is 0. The minimum Gasteiger partial charge on any atom is -0.438 e. The van der Waals surface area contributed by atoms with Crippen LogP contribution in [-0.2, 0) is 4.65 Å². The highest BCUT2D eigenvalue weighted by atomic mass is 16.4. The van der Waals surface area contributed by atoms with E-state index in [1.54, 1.807) is 0 Å². The molecule has 0 fully saturated rings. The van der Waals surface area contributed by atoms with Crippen LogP contribution in [0.2, 0.25) is 12.1 Å². The molecule has 2 heteroatoms. The van der Waals surface area contributed by atoms with Gasteiger partial charge >= 0.3 is 0 Å². The Morgan fingerprint density at radius 2 is 1.58 bits per heavy atom. The Kier molecular flexibility index (Phi) is 5.64. The molecule has 0 aliphatic rings. The summed E-state index contributed by atoms with van der Waals surface area (Å²) < 4.78 is 5.43. The second-order valence-corrected chi connectivity index (χ2v) is 4.48. The van der Waals surface area contributed by atoms with Gasteiger partial charge in [0.1, 0.15) is 0 Å². The van der Waals surface area contributed by atoms with Crippen molar-refractivity contribution >= 4 is 6.92 Å². The molecule has 0 aliphatic carbocycles. The van der Waals surface area contributed by atoms with E-state index in [-0.39, 0.29) is 0 Å². The van der Waals surface area contributed by atoms with E-state index in [1.165, 1.54) is 6.32 Å². The summed E-state index contributed by atoms with van der Waals surface area (Å²) in [4.78, 5) is 0. The topological polar surface area (TPSA) is 9.23 Å². The Bertz CT molecular complexity index is 112. The molecule has 1 nitrogen and oxygen atoms in total. The van der Waals surface area contributed by atoms with E-state index in [4.69, 9.17) is 4.65 Å². The minimum atomic E-state index is 0.433. The lowest BCUT2D eigenvalue weighted by Crippen LogP contribution is -2.24. The molecule has 0 aromatic rings. The molecule has 0 saturated carbocycles. The van der Waals surface area contributed by atoms with E-state index in [1.807, 2.05) is 7.11 Å².